The first-order valence-corrected chi connectivity index (χ1v) is 9.98. The molecule has 4 aromatic rings. The van der Waals surface area contributed by atoms with Crippen LogP contribution in [0.5, 0.6) is 0 Å². The highest BCUT2D eigenvalue weighted by Gasteiger charge is 2.25. The number of benzene rings is 2. The summed E-state index contributed by atoms with van der Waals surface area (Å²) in [5, 5.41) is 0. The van der Waals surface area contributed by atoms with Crippen molar-refractivity contribution in [3.63, 3.8) is 0 Å². The summed E-state index contributed by atoms with van der Waals surface area (Å²) in [6, 6.07) is 9.73. The largest absolute Gasteiger partial charge is 0.294 e. The molecule has 2 aromatic carbocycles. The summed E-state index contributed by atoms with van der Waals surface area (Å²) in [5.74, 6) is -1.25. The van der Waals surface area contributed by atoms with Crippen LogP contribution in [0, 0.1) is 17.5 Å². The minimum atomic E-state index is -0.706. The van der Waals surface area contributed by atoms with Crippen molar-refractivity contribution in [2.24, 2.45) is 0 Å². The molecule has 0 radical (unpaired) electrons. The van der Waals surface area contributed by atoms with Gasteiger partial charge in [0.1, 0.15) is 17.5 Å². The zero-order valence-electron chi connectivity index (χ0n) is 16.6. The highest BCUT2D eigenvalue weighted by molar-refractivity contribution is 5.39. The SMILES string of the molecule is O=c1c2c(n3ccnc3n1Cc1ccc(F)cc1F)CCN(Cc1cccc(F)c1)C2. The molecule has 2 aromatic heterocycles. The fourth-order valence-corrected chi connectivity index (χ4v) is 4.22. The fraction of sp³-hybridized carbons (Fsp3) is 0.217. The van der Waals surface area contributed by atoms with Gasteiger partial charge in [0.05, 0.1) is 12.1 Å². The first-order chi connectivity index (χ1) is 15.0. The average Bonchev–Trinajstić information content (AvgIpc) is 3.22. The molecule has 1 aliphatic heterocycles. The van der Waals surface area contributed by atoms with Crippen LogP contribution in [0.4, 0.5) is 13.2 Å². The Balaban J connectivity index is 1.53. The lowest BCUT2D eigenvalue weighted by Gasteiger charge is -2.29. The fourth-order valence-electron chi connectivity index (χ4n) is 4.22. The summed E-state index contributed by atoms with van der Waals surface area (Å²) in [4.78, 5) is 19.8. The van der Waals surface area contributed by atoms with Crippen molar-refractivity contribution in [2.45, 2.75) is 26.1 Å². The van der Waals surface area contributed by atoms with Gasteiger partial charge in [-0.15, -0.1) is 0 Å². The van der Waals surface area contributed by atoms with Crippen molar-refractivity contribution in [2.75, 3.05) is 6.54 Å². The van der Waals surface area contributed by atoms with Crippen molar-refractivity contribution in [1.29, 1.82) is 0 Å². The van der Waals surface area contributed by atoms with Gasteiger partial charge < -0.3 is 0 Å². The average molecular weight is 424 g/mol. The van der Waals surface area contributed by atoms with Gasteiger partial charge in [-0.25, -0.2) is 18.2 Å². The standard InChI is InChI=1S/C23H19F3N4O/c24-17-3-1-2-15(10-17)12-28-8-6-21-19(14-28)22(31)30(23-27-7-9-29(21)23)13-16-4-5-18(25)11-20(16)26/h1-5,7,9-11H,6,8,12-14H2. The summed E-state index contributed by atoms with van der Waals surface area (Å²) >= 11 is 0. The molecule has 3 heterocycles. The maximum Gasteiger partial charge on any atom is 0.259 e. The molecule has 0 saturated heterocycles. The van der Waals surface area contributed by atoms with Gasteiger partial charge in [0.2, 0.25) is 5.78 Å². The molecule has 0 bridgehead atoms. The van der Waals surface area contributed by atoms with E-state index < -0.39 is 11.6 Å². The molecule has 5 nitrogen and oxygen atoms in total. The Bertz CT molecular complexity index is 1340. The topological polar surface area (TPSA) is 42.5 Å². The Morgan fingerprint density at radius 1 is 1.00 bits per heavy atom. The number of nitrogens with zero attached hydrogens (tertiary/aromatic N) is 4. The van der Waals surface area contributed by atoms with Gasteiger partial charge in [-0.05, 0) is 23.8 Å². The highest BCUT2D eigenvalue weighted by Crippen LogP contribution is 2.21. The number of halogens is 3. The third-order valence-electron chi connectivity index (χ3n) is 5.69. The Morgan fingerprint density at radius 2 is 1.84 bits per heavy atom. The van der Waals surface area contributed by atoms with E-state index >= 15 is 0 Å². The van der Waals surface area contributed by atoms with Crippen LogP contribution < -0.4 is 5.56 Å². The maximum absolute atomic E-state index is 14.2. The predicted octanol–water partition coefficient (Wildman–Crippen LogP) is 3.52. The van der Waals surface area contributed by atoms with Crippen molar-refractivity contribution in [3.05, 3.63) is 105 Å². The van der Waals surface area contributed by atoms with Crippen LogP contribution in [0.1, 0.15) is 22.4 Å². The zero-order valence-corrected chi connectivity index (χ0v) is 16.6. The third kappa shape index (κ3) is 3.63. The van der Waals surface area contributed by atoms with Gasteiger partial charge in [-0.1, -0.05) is 18.2 Å². The molecule has 0 spiro atoms. The number of hydrogen-bond acceptors (Lipinski definition) is 3. The second-order valence-electron chi connectivity index (χ2n) is 7.74. The summed E-state index contributed by atoms with van der Waals surface area (Å²) in [5.41, 5.74) is 2.28. The molecule has 0 N–H and O–H groups in total. The van der Waals surface area contributed by atoms with E-state index in [4.69, 9.17) is 0 Å². The lowest BCUT2D eigenvalue weighted by atomic mass is 10.1. The van der Waals surface area contributed by atoms with Gasteiger partial charge in [0, 0.05) is 55.8 Å². The summed E-state index contributed by atoms with van der Waals surface area (Å²) in [6.45, 7) is 1.57. The molecule has 158 valence electrons. The molecule has 8 heteroatoms. The van der Waals surface area contributed by atoms with Gasteiger partial charge in [-0.3, -0.25) is 18.7 Å². The van der Waals surface area contributed by atoms with Gasteiger partial charge in [0.25, 0.3) is 5.56 Å². The molecule has 31 heavy (non-hydrogen) atoms. The molecular weight excluding hydrogens is 405 g/mol. The minimum Gasteiger partial charge on any atom is -0.294 e. The van der Waals surface area contributed by atoms with Crippen molar-refractivity contribution >= 4 is 5.78 Å². The smallest absolute Gasteiger partial charge is 0.259 e. The highest BCUT2D eigenvalue weighted by atomic mass is 19.1. The first-order valence-electron chi connectivity index (χ1n) is 9.98. The Kier molecular flexibility index (Phi) is 4.86. The quantitative estimate of drug-likeness (QED) is 0.504. The lowest BCUT2D eigenvalue weighted by molar-refractivity contribution is 0.240. The summed E-state index contributed by atoms with van der Waals surface area (Å²) < 4.78 is 44.4. The number of imidazole rings is 1. The molecule has 1 aliphatic rings. The maximum atomic E-state index is 14.2. The Hall–Kier alpha value is -3.39. The predicted molar refractivity (Wildman–Crippen MR) is 109 cm³/mol. The van der Waals surface area contributed by atoms with E-state index in [0.717, 1.165) is 17.3 Å². The molecule has 5 rings (SSSR count). The van der Waals surface area contributed by atoms with Crippen LogP contribution in [0.15, 0.2) is 59.7 Å². The Morgan fingerprint density at radius 3 is 2.65 bits per heavy atom. The van der Waals surface area contributed by atoms with Crippen LogP contribution in [0.2, 0.25) is 0 Å². The first kappa shape index (κ1) is 19.6. The van der Waals surface area contributed by atoms with Crippen LogP contribution >= 0.6 is 0 Å². The molecule has 0 unspecified atom stereocenters. The second kappa shape index (κ2) is 7.70. The van der Waals surface area contributed by atoms with Gasteiger partial charge >= 0.3 is 0 Å². The molecule has 0 atom stereocenters. The lowest BCUT2D eigenvalue weighted by Crippen LogP contribution is -2.38. The number of aromatic nitrogens is 3. The van der Waals surface area contributed by atoms with Crippen LogP contribution in [0.3, 0.4) is 0 Å². The normalized spacial score (nSPS) is 14.2. The number of hydrogen-bond donors (Lipinski definition) is 0. The summed E-state index contributed by atoms with van der Waals surface area (Å²) in [6.07, 6.45) is 4.03. The van der Waals surface area contributed by atoms with E-state index in [1.165, 1.54) is 28.8 Å². The van der Waals surface area contributed by atoms with Gasteiger partial charge in [0.15, 0.2) is 0 Å². The second-order valence-corrected chi connectivity index (χ2v) is 7.74. The van der Waals surface area contributed by atoms with Crippen LogP contribution in [0.25, 0.3) is 5.78 Å². The van der Waals surface area contributed by atoms with Crippen molar-refractivity contribution in [1.82, 2.24) is 18.9 Å². The zero-order chi connectivity index (χ0) is 21.5. The molecule has 0 fully saturated rings. The van der Waals surface area contributed by atoms with Crippen molar-refractivity contribution in [3.8, 4) is 0 Å². The monoisotopic (exact) mass is 424 g/mol. The molecular formula is C23H19F3N4O. The van der Waals surface area contributed by atoms with Crippen molar-refractivity contribution < 1.29 is 13.2 Å². The molecule has 0 amide bonds. The minimum absolute atomic E-state index is 0.0529. The molecule has 0 saturated carbocycles. The number of fused-ring (bicyclic) bond motifs is 3. The van der Waals surface area contributed by atoms with E-state index in [1.54, 1.807) is 18.5 Å². The molecule has 0 aliphatic carbocycles. The van der Waals surface area contributed by atoms with E-state index in [9.17, 15) is 18.0 Å². The van der Waals surface area contributed by atoms with Crippen LogP contribution in [-0.4, -0.2) is 25.4 Å². The van der Waals surface area contributed by atoms with Crippen LogP contribution in [-0.2, 0) is 26.1 Å². The summed E-state index contributed by atoms with van der Waals surface area (Å²) in [7, 11) is 0. The Labute approximate surface area is 176 Å². The van der Waals surface area contributed by atoms with E-state index in [1.807, 2.05) is 10.5 Å². The van der Waals surface area contributed by atoms with Gasteiger partial charge in [-0.2, -0.15) is 0 Å². The third-order valence-corrected chi connectivity index (χ3v) is 5.69. The van der Waals surface area contributed by atoms with E-state index in [0.29, 0.717) is 37.4 Å². The number of rotatable bonds is 4. The van der Waals surface area contributed by atoms with E-state index in [-0.39, 0.29) is 23.5 Å². The van der Waals surface area contributed by atoms with E-state index in [2.05, 4.69) is 9.88 Å².